The van der Waals surface area contributed by atoms with Crippen LogP contribution in [0.1, 0.15) is 24.5 Å². The van der Waals surface area contributed by atoms with Gasteiger partial charge in [0, 0.05) is 20.3 Å². The quantitative estimate of drug-likeness (QED) is 0.746. The van der Waals surface area contributed by atoms with Crippen LogP contribution in [0.5, 0.6) is 5.75 Å². The van der Waals surface area contributed by atoms with E-state index in [9.17, 15) is 8.42 Å². The van der Waals surface area contributed by atoms with Crippen LogP contribution in [0.2, 0.25) is 0 Å². The number of hydrogen-bond donors (Lipinski definition) is 1. The minimum Gasteiger partial charge on any atom is -0.494 e. The molecule has 1 aromatic rings. The van der Waals surface area contributed by atoms with Crippen molar-refractivity contribution in [1.29, 1.82) is 0 Å². The Bertz CT molecular complexity index is 540. The summed E-state index contributed by atoms with van der Waals surface area (Å²) in [5, 5.41) is 0. The molecule has 0 atom stereocenters. The predicted molar refractivity (Wildman–Crippen MR) is 78.8 cm³/mol. The molecule has 0 saturated heterocycles. The highest BCUT2D eigenvalue weighted by Gasteiger charge is 2.18. The van der Waals surface area contributed by atoms with Crippen LogP contribution in [-0.2, 0) is 14.8 Å². The van der Waals surface area contributed by atoms with Gasteiger partial charge in [0.05, 0.1) is 11.5 Å². The van der Waals surface area contributed by atoms with Crippen molar-refractivity contribution in [2.24, 2.45) is 0 Å². The fraction of sp³-hybridized carbons (Fsp3) is 0.571. The van der Waals surface area contributed by atoms with E-state index >= 15 is 0 Å². The van der Waals surface area contributed by atoms with Crippen LogP contribution < -0.4 is 9.46 Å². The highest BCUT2D eigenvalue weighted by molar-refractivity contribution is 7.89. The Balaban J connectivity index is 2.92. The molecule has 0 heterocycles. The molecule has 1 aromatic carbocycles. The molecule has 114 valence electrons. The lowest BCUT2D eigenvalue weighted by atomic mass is 10.1. The third-order valence-electron chi connectivity index (χ3n) is 2.88. The van der Waals surface area contributed by atoms with E-state index in [1.165, 1.54) is 0 Å². The molecule has 0 aromatic heterocycles. The lowest BCUT2D eigenvalue weighted by Gasteiger charge is -2.13. The third-order valence-corrected chi connectivity index (χ3v) is 4.48. The lowest BCUT2D eigenvalue weighted by molar-refractivity contribution is 0.196. The summed E-state index contributed by atoms with van der Waals surface area (Å²) < 4.78 is 37.4. The van der Waals surface area contributed by atoms with Crippen LogP contribution in [0.25, 0.3) is 0 Å². The maximum absolute atomic E-state index is 12.2. The summed E-state index contributed by atoms with van der Waals surface area (Å²) in [6.07, 6.45) is 0.644. The van der Waals surface area contributed by atoms with E-state index in [4.69, 9.17) is 9.47 Å². The van der Waals surface area contributed by atoms with Crippen molar-refractivity contribution in [1.82, 2.24) is 4.72 Å². The Morgan fingerprint density at radius 3 is 2.50 bits per heavy atom. The van der Waals surface area contributed by atoms with Gasteiger partial charge in [-0.3, -0.25) is 0 Å². The SMILES string of the molecule is CCOc1cc(C)c(S(=O)(=O)NCCCOC)cc1C. The summed E-state index contributed by atoms with van der Waals surface area (Å²) in [5.41, 5.74) is 1.49. The van der Waals surface area contributed by atoms with E-state index in [-0.39, 0.29) is 0 Å². The van der Waals surface area contributed by atoms with Gasteiger partial charge < -0.3 is 9.47 Å². The first-order chi connectivity index (χ1) is 9.42. The average molecular weight is 301 g/mol. The molecule has 5 nitrogen and oxygen atoms in total. The average Bonchev–Trinajstić information content (AvgIpc) is 2.39. The molecule has 1 rings (SSSR count). The van der Waals surface area contributed by atoms with Gasteiger partial charge in [0.25, 0.3) is 0 Å². The molecular weight excluding hydrogens is 278 g/mol. The molecule has 0 fully saturated rings. The molecule has 0 bridgehead atoms. The van der Waals surface area contributed by atoms with Crippen LogP contribution in [0.4, 0.5) is 0 Å². The molecule has 0 amide bonds. The molecule has 0 aliphatic carbocycles. The van der Waals surface area contributed by atoms with Crippen molar-refractivity contribution < 1.29 is 17.9 Å². The molecule has 1 N–H and O–H groups in total. The van der Waals surface area contributed by atoms with Crippen LogP contribution >= 0.6 is 0 Å². The molecule has 0 unspecified atom stereocenters. The summed E-state index contributed by atoms with van der Waals surface area (Å²) in [6.45, 7) is 6.96. The number of aryl methyl sites for hydroxylation is 2. The second-order valence-electron chi connectivity index (χ2n) is 4.56. The van der Waals surface area contributed by atoms with Gasteiger partial charge in [-0.2, -0.15) is 0 Å². The number of rotatable bonds is 8. The summed E-state index contributed by atoms with van der Waals surface area (Å²) >= 11 is 0. The van der Waals surface area contributed by atoms with Crippen LogP contribution in [0, 0.1) is 13.8 Å². The van der Waals surface area contributed by atoms with E-state index in [0.717, 1.165) is 11.3 Å². The zero-order valence-electron chi connectivity index (χ0n) is 12.5. The van der Waals surface area contributed by atoms with Crippen LogP contribution in [-0.4, -0.2) is 35.3 Å². The van der Waals surface area contributed by atoms with Crippen molar-refractivity contribution in [3.05, 3.63) is 23.3 Å². The van der Waals surface area contributed by atoms with Gasteiger partial charge in [0.15, 0.2) is 0 Å². The molecule has 0 radical (unpaired) electrons. The van der Waals surface area contributed by atoms with Gasteiger partial charge in [-0.05, 0) is 50.5 Å². The van der Waals surface area contributed by atoms with Crippen molar-refractivity contribution in [3.63, 3.8) is 0 Å². The Morgan fingerprint density at radius 1 is 1.20 bits per heavy atom. The van der Waals surface area contributed by atoms with Crippen molar-refractivity contribution in [3.8, 4) is 5.75 Å². The minimum absolute atomic E-state index is 0.302. The fourth-order valence-corrected chi connectivity index (χ4v) is 3.25. The number of nitrogens with one attached hydrogen (secondary N) is 1. The molecule has 20 heavy (non-hydrogen) atoms. The fourth-order valence-electron chi connectivity index (χ4n) is 1.86. The van der Waals surface area contributed by atoms with E-state index in [2.05, 4.69) is 4.72 Å². The highest BCUT2D eigenvalue weighted by Crippen LogP contribution is 2.25. The molecule has 0 aliphatic heterocycles. The molecule has 0 spiro atoms. The topological polar surface area (TPSA) is 64.6 Å². The maximum atomic E-state index is 12.2. The standard InChI is InChI=1S/C14H23NO4S/c1-5-19-13-9-12(3)14(10-11(13)2)20(16,17)15-7-6-8-18-4/h9-10,15H,5-8H2,1-4H3. The molecule has 6 heteroatoms. The second kappa shape index (κ2) is 7.61. The van der Waals surface area contributed by atoms with Crippen molar-refractivity contribution >= 4 is 10.0 Å². The molecule has 0 saturated carbocycles. The van der Waals surface area contributed by atoms with Gasteiger partial charge in [0.2, 0.25) is 10.0 Å². The van der Waals surface area contributed by atoms with E-state index in [1.54, 1.807) is 26.2 Å². The lowest BCUT2D eigenvalue weighted by Crippen LogP contribution is -2.26. The largest absolute Gasteiger partial charge is 0.494 e. The zero-order chi connectivity index (χ0) is 15.2. The van der Waals surface area contributed by atoms with E-state index < -0.39 is 10.0 Å². The van der Waals surface area contributed by atoms with Crippen LogP contribution in [0.15, 0.2) is 17.0 Å². The first kappa shape index (κ1) is 16.9. The van der Waals surface area contributed by atoms with E-state index in [1.807, 2.05) is 13.8 Å². The molecular formula is C14H23NO4S. The first-order valence-electron chi connectivity index (χ1n) is 6.65. The molecule has 0 aliphatic rings. The minimum atomic E-state index is -3.49. The second-order valence-corrected chi connectivity index (χ2v) is 6.30. The summed E-state index contributed by atoms with van der Waals surface area (Å²) in [6, 6.07) is 3.42. The van der Waals surface area contributed by atoms with Crippen LogP contribution in [0.3, 0.4) is 0 Å². The smallest absolute Gasteiger partial charge is 0.240 e. The number of benzene rings is 1. The Kier molecular flexibility index (Phi) is 6.45. The van der Waals surface area contributed by atoms with Gasteiger partial charge in [-0.25, -0.2) is 13.1 Å². The maximum Gasteiger partial charge on any atom is 0.240 e. The third kappa shape index (κ3) is 4.47. The van der Waals surface area contributed by atoms with Gasteiger partial charge in [0.1, 0.15) is 5.75 Å². The number of methoxy groups -OCH3 is 1. The van der Waals surface area contributed by atoms with Gasteiger partial charge in [-0.15, -0.1) is 0 Å². The van der Waals surface area contributed by atoms with Crippen molar-refractivity contribution in [2.75, 3.05) is 26.9 Å². The Morgan fingerprint density at radius 2 is 1.90 bits per heavy atom. The zero-order valence-corrected chi connectivity index (χ0v) is 13.3. The number of hydrogen-bond acceptors (Lipinski definition) is 4. The van der Waals surface area contributed by atoms with Gasteiger partial charge >= 0.3 is 0 Å². The summed E-state index contributed by atoms with van der Waals surface area (Å²) in [4.78, 5) is 0.302. The first-order valence-corrected chi connectivity index (χ1v) is 8.13. The summed E-state index contributed by atoms with van der Waals surface area (Å²) in [7, 11) is -1.89. The summed E-state index contributed by atoms with van der Waals surface area (Å²) in [5.74, 6) is 0.725. The van der Waals surface area contributed by atoms with Gasteiger partial charge in [-0.1, -0.05) is 0 Å². The highest BCUT2D eigenvalue weighted by atomic mass is 32.2. The Labute approximate surface area is 121 Å². The van der Waals surface area contributed by atoms with Crippen molar-refractivity contribution in [2.45, 2.75) is 32.1 Å². The van der Waals surface area contributed by atoms with E-state index in [0.29, 0.717) is 36.6 Å². The Hall–Kier alpha value is -1.11. The predicted octanol–water partition coefficient (Wildman–Crippen LogP) is 2.02. The number of sulfonamides is 1. The monoisotopic (exact) mass is 301 g/mol. The normalized spacial score (nSPS) is 11.6. The number of ether oxygens (including phenoxy) is 2.